The van der Waals surface area contributed by atoms with Gasteiger partial charge in [0.1, 0.15) is 6.61 Å². The molecule has 0 bridgehead atoms. The van der Waals surface area contributed by atoms with Gasteiger partial charge < -0.3 is 23.8 Å². The minimum absolute atomic E-state index is 0.0371. The topological polar surface area (TPSA) is 99.1 Å². The Labute approximate surface area is 366 Å². The molecular weight excluding hydrogens is 751 g/mol. The van der Waals surface area contributed by atoms with Gasteiger partial charge >= 0.3 is 17.9 Å². The highest BCUT2D eigenvalue weighted by Crippen LogP contribution is 2.13. The number of rotatable bonds is 40. The fraction of sp³-hybridized carbons (Fsp3) is 0.635. The van der Waals surface area contributed by atoms with E-state index in [4.69, 9.17) is 14.2 Å². The van der Waals surface area contributed by atoms with Gasteiger partial charge in [-0.2, -0.15) is 0 Å². The van der Waals surface area contributed by atoms with Crippen LogP contribution >= 0.6 is 0 Å². The molecule has 8 heteroatoms. The summed E-state index contributed by atoms with van der Waals surface area (Å²) in [5.74, 6) is -1.54. The summed E-state index contributed by atoms with van der Waals surface area (Å²) < 4.78 is 17.3. The molecule has 0 amide bonds. The molecule has 2 unspecified atom stereocenters. The largest absolute Gasteiger partial charge is 0.477 e. The molecule has 0 rings (SSSR count). The first kappa shape index (κ1) is 56.2. The van der Waals surface area contributed by atoms with Crippen LogP contribution in [-0.2, 0) is 28.6 Å². The van der Waals surface area contributed by atoms with E-state index in [2.05, 4.69) is 74.6 Å². The first-order valence-corrected chi connectivity index (χ1v) is 23.4. The minimum atomic E-state index is -0.887. The molecule has 0 radical (unpaired) electrons. The van der Waals surface area contributed by atoms with Crippen LogP contribution in [0.1, 0.15) is 162 Å². The molecule has 0 saturated carbocycles. The minimum Gasteiger partial charge on any atom is -0.477 e. The Hall–Kier alpha value is -3.75. The van der Waals surface area contributed by atoms with Crippen LogP contribution in [0.15, 0.2) is 97.2 Å². The molecule has 2 atom stereocenters. The molecule has 0 aromatic heterocycles. The smallest absolute Gasteiger partial charge is 0.362 e. The number of allylic oxidation sites excluding steroid dienone is 16. The fourth-order valence-electron chi connectivity index (χ4n) is 6.24. The molecule has 340 valence electrons. The molecule has 0 aliphatic heterocycles. The van der Waals surface area contributed by atoms with E-state index in [1.807, 2.05) is 57.6 Å². The van der Waals surface area contributed by atoms with Gasteiger partial charge in [0.15, 0.2) is 12.1 Å². The standard InChI is InChI=1S/C52H85NO7/c1-6-8-10-12-14-16-18-20-22-24-26-28-30-32-34-36-38-40-42-50(54)59-47-48(46-58-45-44-49(52(56)57)53(3,4)5)60-51(55)43-41-39-37-35-33-31-29-27-25-23-21-19-17-15-13-11-9-7-2/h11,13,15,17-29,48-49H,6-10,12,14,16,30-47H2,1-5H3/p+1/b13-11+,17-15+,20-18+,21-19+,24-22+,25-23+,28-26+,29-27+. The van der Waals surface area contributed by atoms with Crippen molar-refractivity contribution < 1.29 is 38.2 Å². The summed E-state index contributed by atoms with van der Waals surface area (Å²) in [5.41, 5.74) is 0. The van der Waals surface area contributed by atoms with E-state index in [-0.39, 0.29) is 36.2 Å². The van der Waals surface area contributed by atoms with E-state index in [0.29, 0.717) is 19.3 Å². The van der Waals surface area contributed by atoms with E-state index >= 15 is 0 Å². The maximum absolute atomic E-state index is 12.7. The normalized spacial score (nSPS) is 13.8. The van der Waals surface area contributed by atoms with Crippen molar-refractivity contribution in [3.8, 4) is 0 Å². The van der Waals surface area contributed by atoms with Gasteiger partial charge in [0.25, 0.3) is 0 Å². The first-order valence-electron chi connectivity index (χ1n) is 23.4. The Bertz CT molecular complexity index is 1300. The summed E-state index contributed by atoms with van der Waals surface area (Å²) in [6.07, 6.45) is 55.8. The lowest BCUT2D eigenvalue weighted by atomic mass is 10.1. The summed E-state index contributed by atoms with van der Waals surface area (Å²) in [6, 6.07) is -0.629. The number of carbonyl (C=O) groups is 3. The Morgan fingerprint density at radius 3 is 1.37 bits per heavy atom. The molecule has 0 aliphatic rings. The van der Waals surface area contributed by atoms with Gasteiger partial charge in [-0.1, -0.05) is 182 Å². The molecule has 0 heterocycles. The lowest BCUT2D eigenvalue weighted by Gasteiger charge is -2.31. The van der Waals surface area contributed by atoms with Crippen LogP contribution in [0.25, 0.3) is 0 Å². The molecule has 1 N–H and O–H groups in total. The van der Waals surface area contributed by atoms with Crippen molar-refractivity contribution >= 4 is 17.9 Å². The van der Waals surface area contributed by atoms with E-state index in [9.17, 15) is 19.5 Å². The number of unbranched alkanes of at least 4 members (excludes halogenated alkanes) is 16. The number of carboxylic acids is 1. The number of nitrogens with zero attached hydrogens (tertiary/aromatic N) is 1. The monoisotopic (exact) mass is 837 g/mol. The van der Waals surface area contributed by atoms with Gasteiger partial charge in [0.05, 0.1) is 34.4 Å². The zero-order chi connectivity index (χ0) is 44.2. The highest BCUT2D eigenvalue weighted by molar-refractivity contribution is 5.72. The van der Waals surface area contributed by atoms with E-state index in [1.165, 1.54) is 38.5 Å². The zero-order valence-corrected chi connectivity index (χ0v) is 38.6. The fourth-order valence-corrected chi connectivity index (χ4v) is 6.24. The van der Waals surface area contributed by atoms with Crippen LogP contribution in [0.4, 0.5) is 0 Å². The number of quaternary nitrogens is 1. The Kier molecular flexibility index (Phi) is 39.3. The zero-order valence-electron chi connectivity index (χ0n) is 38.6. The maximum Gasteiger partial charge on any atom is 0.362 e. The second-order valence-electron chi connectivity index (χ2n) is 16.5. The van der Waals surface area contributed by atoms with Crippen molar-refractivity contribution in [3.05, 3.63) is 97.2 Å². The van der Waals surface area contributed by atoms with E-state index in [0.717, 1.165) is 89.9 Å². The highest BCUT2D eigenvalue weighted by Gasteiger charge is 2.31. The molecule has 0 aromatic carbocycles. The summed E-state index contributed by atoms with van der Waals surface area (Å²) in [7, 11) is 5.50. The predicted molar refractivity (Wildman–Crippen MR) is 252 cm³/mol. The van der Waals surface area contributed by atoms with Gasteiger partial charge in [0.2, 0.25) is 0 Å². The number of hydrogen-bond donors (Lipinski definition) is 1. The third-order valence-electron chi connectivity index (χ3n) is 9.88. The molecule has 0 aromatic rings. The number of carbonyl (C=O) groups excluding carboxylic acids is 2. The summed E-state index contributed by atoms with van der Waals surface area (Å²) in [4.78, 5) is 37.1. The van der Waals surface area contributed by atoms with Gasteiger partial charge in [-0.25, -0.2) is 4.79 Å². The van der Waals surface area contributed by atoms with Crippen molar-refractivity contribution in [1.82, 2.24) is 0 Å². The molecule has 0 fully saturated rings. The summed E-state index contributed by atoms with van der Waals surface area (Å²) in [5, 5.41) is 9.63. The third-order valence-corrected chi connectivity index (χ3v) is 9.88. The number of likely N-dealkylation sites (N-methyl/N-ethyl adjacent to an activating group) is 1. The SMILES string of the molecule is CCC/C=C/C=C/C=C/C=C/C=C/CCCCCCCC(=O)OC(COCCC(C(=O)O)[N+](C)(C)C)COC(=O)CCCCCCC/C=C/C=C/C=C/CCCCCCC. The van der Waals surface area contributed by atoms with Gasteiger partial charge in [0, 0.05) is 19.3 Å². The highest BCUT2D eigenvalue weighted by atomic mass is 16.6. The van der Waals surface area contributed by atoms with E-state index < -0.39 is 18.1 Å². The molecule has 0 spiro atoms. The number of carboxylic acid groups (broad SMARTS) is 1. The Balaban J connectivity index is 4.45. The number of ether oxygens (including phenoxy) is 3. The lowest BCUT2D eigenvalue weighted by Crippen LogP contribution is -2.50. The second kappa shape index (κ2) is 42.0. The maximum atomic E-state index is 12.7. The van der Waals surface area contributed by atoms with Crippen LogP contribution in [0.5, 0.6) is 0 Å². The van der Waals surface area contributed by atoms with Crippen LogP contribution in [0.3, 0.4) is 0 Å². The second-order valence-corrected chi connectivity index (χ2v) is 16.5. The summed E-state index contributed by atoms with van der Waals surface area (Å²) in [6.45, 7) is 4.56. The van der Waals surface area contributed by atoms with Crippen molar-refractivity contribution in [1.29, 1.82) is 0 Å². The quantitative estimate of drug-likeness (QED) is 0.0284. The van der Waals surface area contributed by atoms with Crippen molar-refractivity contribution in [3.63, 3.8) is 0 Å². The van der Waals surface area contributed by atoms with Crippen LogP contribution in [-0.4, -0.2) is 80.6 Å². The van der Waals surface area contributed by atoms with Crippen LogP contribution < -0.4 is 0 Å². The van der Waals surface area contributed by atoms with Crippen LogP contribution in [0.2, 0.25) is 0 Å². The average molecular weight is 837 g/mol. The van der Waals surface area contributed by atoms with Crippen molar-refractivity contribution in [2.75, 3.05) is 41.0 Å². The number of aliphatic carboxylic acids is 1. The Morgan fingerprint density at radius 1 is 0.500 bits per heavy atom. The molecule has 0 saturated heterocycles. The van der Waals surface area contributed by atoms with Crippen molar-refractivity contribution in [2.24, 2.45) is 0 Å². The van der Waals surface area contributed by atoms with Crippen molar-refractivity contribution in [2.45, 2.75) is 174 Å². The number of esters is 2. The summed E-state index contributed by atoms with van der Waals surface area (Å²) >= 11 is 0. The lowest BCUT2D eigenvalue weighted by molar-refractivity contribution is -0.887. The van der Waals surface area contributed by atoms with Gasteiger partial charge in [-0.3, -0.25) is 9.59 Å². The molecule has 60 heavy (non-hydrogen) atoms. The number of hydrogen-bond acceptors (Lipinski definition) is 6. The van der Waals surface area contributed by atoms with Gasteiger partial charge in [-0.15, -0.1) is 0 Å². The molecule has 0 aliphatic carbocycles. The third kappa shape index (κ3) is 39.7. The van der Waals surface area contributed by atoms with Crippen LogP contribution in [0, 0.1) is 0 Å². The van der Waals surface area contributed by atoms with Gasteiger partial charge in [-0.05, 0) is 57.8 Å². The Morgan fingerprint density at radius 2 is 0.917 bits per heavy atom. The first-order chi connectivity index (χ1) is 29.1. The molecule has 8 nitrogen and oxygen atoms in total. The average Bonchev–Trinajstić information content (AvgIpc) is 3.21. The predicted octanol–water partition coefficient (Wildman–Crippen LogP) is 13.1. The molecular formula is C52H86NO7+. The van der Waals surface area contributed by atoms with E-state index in [1.54, 1.807) is 0 Å².